The number of nitrogens with two attached hydrogens (primary N) is 1. The summed E-state index contributed by atoms with van der Waals surface area (Å²) in [6.07, 6.45) is 0. The minimum absolute atomic E-state index is 0.178. The summed E-state index contributed by atoms with van der Waals surface area (Å²) in [5.74, 6) is 1.10. The molecule has 0 bridgehead atoms. The van der Waals surface area contributed by atoms with Gasteiger partial charge in [-0.1, -0.05) is 11.6 Å². The van der Waals surface area contributed by atoms with E-state index in [1.807, 2.05) is 5.43 Å². The lowest BCUT2D eigenvalue weighted by molar-refractivity contribution is -0.146. The Morgan fingerprint density at radius 1 is 1.14 bits per heavy atom. The van der Waals surface area contributed by atoms with Gasteiger partial charge in [-0.05, 0) is 31.2 Å². The average molecular weight is 326 g/mol. The molecule has 0 aromatic heterocycles. The molecule has 3 atom stereocenters. The number of halogens is 1. The van der Waals surface area contributed by atoms with E-state index in [0.29, 0.717) is 10.7 Å². The van der Waals surface area contributed by atoms with Crippen molar-refractivity contribution in [3.05, 3.63) is 29.3 Å². The molecule has 1 aliphatic carbocycles. The number of hydrogen-bond donors (Lipinski definition) is 3. The van der Waals surface area contributed by atoms with Crippen molar-refractivity contribution in [2.45, 2.75) is 6.92 Å². The Labute approximate surface area is 132 Å². The Balaban J connectivity index is 2.07. The Bertz CT molecular complexity index is 590. The van der Waals surface area contributed by atoms with Crippen molar-refractivity contribution in [1.82, 2.24) is 5.43 Å². The SMILES string of the molecule is CCOC(=O)[C@@H]1[C@H](C(=O)NN)[C@H]1C(=O)Nc1ccc(Cl)cc1. The van der Waals surface area contributed by atoms with Crippen molar-refractivity contribution < 1.29 is 19.1 Å². The maximum atomic E-state index is 12.2. The zero-order valence-electron chi connectivity index (χ0n) is 11.8. The molecule has 1 aromatic rings. The number of amides is 2. The third kappa shape index (κ3) is 3.37. The van der Waals surface area contributed by atoms with E-state index >= 15 is 0 Å². The lowest BCUT2D eigenvalue weighted by Gasteiger charge is -2.05. The van der Waals surface area contributed by atoms with Crippen molar-refractivity contribution in [3.63, 3.8) is 0 Å². The first-order chi connectivity index (χ1) is 10.5. The highest BCUT2D eigenvalue weighted by Gasteiger charge is 2.63. The quantitative estimate of drug-likeness (QED) is 0.319. The van der Waals surface area contributed by atoms with E-state index < -0.39 is 35.5 Å². The third-order valence-electron chi connectivity index (χ3n) is 3.44. The van der Waals surface area contributed by atoms with Crippen LogP contribution in [0.25, 0.3) is 0 Å². The van der Waals surface area contributed by atoms with Gasteiger partial charge in [0.05, 0.1) is 24.4 Å². The summed E-state index contributed by atoms with van der Waals surface area (Å²) in [6, 6.07) is 6.49. The van der Waals surface area contributed by atoms with Crippen LogP contribution in [0.4, 0.5) is 5.69 Å². The molecule has 22 heavy (non-hydrogen) atoms. The third-order valence-corrected chi connectivity index (χ3v) is 3.69. The smallest absolute Gasteiger partial charge is 0.310 e. The predicted molar refractivity (Wildman–Crippen MR) is 79.5 cm³/mol. The number of carbonyl (C=O) groups excluding carboxylic acids is 3. The molecule has 1 fully saturated rings. The summed E-state index contributed by atoms with van der Waals surface area (Å²) >= 11 is 5.77. The summed E-state index contributed by atoms with van der Waals surface area (Å²) < 4.78 is 4.88. The summed E-state index contributed by atoms with van der Waals surface area (Å²) in [5.41, 5.74) is 2.49. The number of ether oxygens (including phenoxy) is 1. The highest BCUT2D eigenvalue weighted by Crippen LogP contribution is 2.48. The molecule has 1 aromatic carbocycles. The van der Waals surface area contributed by atoms with Crippen LogP contribution >= 0.6 is 11.6 Å². The lowest BCUT2D eigenvalue weighted by atomic mass is 10.2. The fourth-order valence-corrected chi connectivity index (χ4v) is 2.48. The molecule has 4 N–H and O–H groups in total. The highest BCUT2D eigenvalue weighted by molar-refractivity contribution is 6.30. The number of hydrogen-bond acceptors (Lipinski definition) is 5. The van der Waals surface area contributed by atoms with Gasteiger partial charge in [0.2, 0.25) is 11.8 Å². The molecule has 0 heterocycles. The highest BCUT2D eigenvalue weighted by atomic mass is 35.5. The summed E-state index contributed by atoms with van der Waals surface area (Å²) in [7, 11) is 0. The molecule has 1 saturated carbocycles. The van der Waals surface area contributed by atoms with Crippen LogP contribution in [0.5, 0.6) is 0 Å². The fraction of sp³-hybridized carbons (Fsp3) is 0.357. The van der Waals surface area contributed by atoms with Gasteiger partial charge in [0, 0.05) is 10.7 Å². The Morgan fingerprint density at radius 2 is 1.73 bits per heavy atom. The monoisotopic (exact) mass is 325 g/mol. The van der Waals surface area contributed by atoms with Crippen LogP contribution < -0.4 is 16.6 Å². The van der Waals surface area contributed by atoms with Gasteiger partial charge >= 0.3 is 5.97 Å². The molecule has 0 saturated heterocycles. The van der Waals surface area contributed by atoms with Crippen molar-refractivity contribution in [3.8, 4) is 0 Å². The zero-order chi connectivity index (χ0) is 16.3. The lowest BCUT2D eigenvalue weighted by Crippen LogP contribution is -2.33. The number of anilines is 1. The van der Waals surface area contributed by atoms with Crippen LogP contribution in [0.3, 0.4) is 0 Å². The molecular weight excluding hydrogens is 310 g/mol. The number of rotatable bonds is 5. The maximum absolute atomic E-state index is 12.2. The largest absolute Gasteiger partial charge is 0.466 e. The molecule has 7 nitrogen and oxygen atoms in total. The van der Waals surface area contributed by atoms with Gasteiger partial charge in [-0.15, -0.1) is 0 Å². The summed E-state index contributed by atoms with van der Waals surface area (Å²) in [6.45, 7) is 1.83. The van der Waals surface area contributed by atoms with Gasteiger partial charge in [0.15, 0.2) is 0 Å². The van der Waals surface area contributed by atoms with Gasteiger partial charge in [-0.3, -0.25) is 19.8 Å². The molecule has 0 unspecified atom stereocenters. The van der Waals surface area contributed by atoms with E-state index in [2.05, 4.69) is 5.32 Å². The van der Waals surface area contributed by atoms with E-state index in [1.165, 1.54) is 0 Å². The normalized spacial score (nSPS) is 22.6. The number of esters is 1. The molecule has 0 spiro atoms. The van der Waals surface area contributed by atoms with Crippen LogP contribution in [-0.4, -0.2) is 24.4 Å². The van der Waals surface area contributed by atoms with Crippen molar-refractivity contribution >= 4 is 35.1 Å². The van der Waals surface area contributed by atoms with Crippen molar-refractivity contribution in [2.75, 3.05) is 11.9 Å². The molecule has 0 radical (unpaired) electrons. The van der Waals surface area contributed by atoms with Gasteiger partial charge in [-0.25, -0.2) is 5.84 Å². The summed E-state index contributed by atoms with van der Waals surface area (Å²) in [5, 5.41) is 3.18. The molecule has 2 rings (SSSR count). The first kappa shape index (κ1) is 16.3. The summed E-state index contributed by atoms with van der Waals surface area (Å²) in [4.78, 5) is 35.7. The van der Waals surface area contributed by atoms with Crippen LogP contribution in [0.2, 0.25) is 5.02 Å². The molecule has 2 amide bonds. The Morgan fingerprint density at radius 3 is 2.27 bits per heavy atom. The van der Waals surface area contributed by atoms with Crippen LogP contribution in [-0.2, 0) is 19.1 Å². The Kier molecular flexibility index (Phi) is 4.99. The van der Waals surface area contributed by atoms with Gasteiger partial charge in [0.25, 0.3) is 0 Å². The van der Waals surface area contributed by atoms with E-state index in [-0.39, 0.29) is 6.61 Å². The predicted octanol–water partition coefficient (Wildman–Crippen LogP) is 0.694. The van der Waals surface area contributed by atoms with E-state index in [1.54, 1.807) is 31.2 Å². The second-order valence-corrected chi connectivity index (χ2v) is 5.27. The standard InChI is InChI=1S/C14H16ClN3O4/c1-2-22-14(21)11-9(10(11)13(20)18-16)12(19)17-8-5-3-7(15)4-6-8/h3-6,9-11H,2,16H2,1H3,(H,17,19)(H,18,20)/t9-,10-,11+/m1/s1. The van der Waals surface area contributed by atoms with E-state index in [4.69, 9.17) is 22.2 Å². The van der Waals surface area contributed by atoms with Crippen LogP contribution in [0.15, 0.2) is 24.3 Å². The number of hydrazine groups is 1. The van der Waals surface area contributed by atoms with Crippen molar-refractivity contribution in [2.24, 2.45) is 23.6 Å². The van der Waals surface area contributed by atoms with Crippen LogP contribution in [0.1, 0.15) is 6.92 Å². The zero-order valence-corrected chi connectivity index (χ0v) is 12.6. The molecule has 8 heteroatoms. The second-order valence-electron chi connectivity index (χ2n) is 4.83. The number of benzene rings is 1. The first-order valence-electron chi connectivity index (χ1n) is 6.73. The minimum atomic E-state index is -0.809. The molecule has 1 aliphatic rings. The van der Waals surface area contributed by atoms with Gasteiger partial charge < -0.3 is 10.1 Å². The first-order valence-corrected chi connectivity index (χ1v) is 7.11. The van der Waals surface area contributed by atoms with Crippen molar-refractivity contribution in [1.29, 1.82) is 0 Å². The second kappa shape index (κ2) is 6.76. The Hall–Kier alpha value is -2.12. The van der Waals surface area contributed by atoms with E-state index in [9.17, 15) is 14.4 Å². The number of nitrogens with one attached hydrogen (secondary N) is 2. The molecular formula is C14H16ClN3O4. The number of carbonyl (C=O) groups is 3. The van der Waals surface area contributed by atoms with E-state index in [0.717, 1.165) is 0 Å². The van der Waals surface area contributed by atoms with Gasteiger partial charge in [-0.2, -0.15) is 0 Å². The van der Waals surface area contributed by atoms with Crippen LogP contribution in [0, 0.1) is 17.8 Å². The average Bonchev–Trinajstić information content (AvgIpc) is 3.25. The minimum Gasteiger partial charge on any atom is -0.466 e. The molecule has 0 aliphatic heterocycles. The molecule has 118 valence electrons. The fourth-order valence-electron chi connectivity index (χ4n) is 2.35. The van der Waals surface area contributed by atoms with Gasteiger partial charge in [0.1, 0.15) is 0 Å². The maximum Gasteiger partial charge on any atom is 0.310 e. The topological polar surface area (TPSA) is 111 Å².